The van der Waals surface area contributed by atoms with Crippen LogP contribution in [0.4, 0.5) is 5.69 Å². The number of ketones is 1. The van der Waals surface area contributed by atoms with E-state index in [1.807, 2.05) is 0 Å². The maximum atomic E-state index is 11.4. The minimum absolute atomic E-state index is 0.0568. The van der Waals surface area contributed by atoms with Crippen molar-refractivity contribution >= 4 is 28.7 Å². The predicted octanol–water partition coefficient (Wildman–Crippen LogP) is 2.10. The number of nitro benzene ring substituents is 1. The number of benzene rings is 1. The summed E-state index contributed by atoms with van der Waals surface area (Å²) in [5.74, 6) is -0.308. The number of aromatic amines is 1. The Morgan fingerprint density at radius 1 is 1.47 bits per heavy atom. The van der Waals surface area contributed by atoms with Gasteiger partial charge in [0.15, 0.2) is 17.8 Å². The number of carbonyl (C=O) groups excluding carboxylic acids is 2. The molecule has 2 rings (SSSR count). The predicted molar refractivity (Wildman–Crippen MR) is 66.9 cm³/mol. The molecule has 0 unspecified atom stereocenters. The topological polar surface area (TPSA) is 102 Å². The Labute approximate surface area is 107 Å². The summed E-state index contributed by atoms with van der Waals surface area (Å²) < 4.78 is 4.92. The van der Waals surface area contributed by atoms with Crippen LogP contribution in [0.1, 0.15) is 27.8 Å². The van der Waals surface area contributed by atoms with E-state index >= 15 is 0 Å². The van der Waals surface area contributed by atoms with E-state index in [0.717, 1.165) is 0 Å². The molecule has 0 aliphatic rings. The molecule has 0 radical (unpaired) electrons. The number of aldehydes is 1. The average Bonchev–Trinajstić information content (AvgIpc) is 2.75. The number of rotatable bonds is 4. The summed E-state index contributed by atoms with van der Waals surface area (Å²) in [6.45, 7) is 1.28. The molecule has 0 fully saturated rings. The molecule has 19 heavy (non-hydrogen) atoms. The first-order chi connectivity index (χ1) is 9.01. The van der Waals surface area contributed by atoms with E-state index in [-0.39, 0.29) is 34.0 Å². The van der Waals surface area contributed by atoms with Gasteiger partial charge in [-0.3, -0.25) is 19.7 Å². The van der Waals surface area contributed by atoms with Crippen molar-refractivity contribution in [3.63, 3.8) is 0 Å². The van der Waals surface area contributed by atoms with Gasteiger partial charge in [-0.05, 0) is 12.1 Å². The van der Waals surface area contributed by atoms with E-state index in [1.165, 1.54) is 26.2 Å². The summed E-state index contributed by atoms with van der Waals surface area (Å²) in [7, 11) is 1.31. The molecule has 0 amide bonds. The number of aromatic nitrogens is 1. The van der Waals surface area contributed by atoms with Crippen LogP contribution in [0.25, 0.3) is 10.9 Å². The fourth-order valence-electron chi connectivity index (χ4n) is 2.00. The number of carbonyl (C=O) groups is 2. The molecular weight excluding hydrogens is 252 g/mol. The number of nitro groups is 1. The number of nitrogens with one attached hydrogen (secondary N) is 1. The van der Waals surface area contributed by atoms with Crippen molar-refractivity contribution in [1.29, 1.82) is 0 Å². The average molecular weight is 262 g/mol. The van der Waals surface area contributed by atoms with E-state index in [4.69, 9.17) is 4.74 Å². The van der Waals surface area contributed by atoms with Crippen LogP contribution >= 0.6 is 0 Å². The Balaban J connectivity index is 2.94. The Bertz CT molecular complexity index is 702. The second-order valence-electron chi connectivity index (χ2n) is 3.88. The van der Waals surface area contributed by atoms with Crippen LogP contribution in [0.3, 0.4) is 0 Å². The summed E-state index contributed by atoms with van der Waals surface area (Å²) >= 11 is 0. The van der Waals surface area contributed by atoms with Crippen molar-refractivity contribution < 1.29 is 19.2 Å². The van der Waals surface area contributed by atoms with E-state index < -0.39 is 4.92 Å². The lowest BCUT2D eigenvalue weighted by Crippen LogP contribution is -1.96. The highest BCUT2D eigenvalue weighted by atomic mass is 16.6. The Morgan fingerprint density at radius 2 is 2.16 bits per heavy atom. The van der Waals surface area contributed by atoms with Gasteiger partial charge in [0, 0.05) is 12.3 Å². The van der Waals surface area contributed by atoms with Gasteiger partial charge < -0.3 is 9.72 Å². The zero-order chi connectivity index (χ0) is 14.2. The van der Waals surface area contributed by atoms with Crippen molar-refractivity contribution in [3.05, 3.63) is 33.5 Å². The Morgan fingerprint density at radius 3 is 2.63 bits per heavy atom. The van der Waals surface area contributed by atoms with Gasteiger partial charge in [-0.1, -0.05) is 0 Å². The molecule has 7 heteroatoms. The van der Waals surface area contributed by atoms with Crippen LogP contribution in [0.5, 0.6) is 5.75 Å². The first-order valence-electron chi connectivity index (χ1n) is 5.34. The molecule has 0 saturated carbocycles. The van der Waals surface area contributed by atoms with Crippen molar-refractivity contribution in [2.24, 2.45) is 0 Å². The minimum Gasteiger partial charge on any atom is -0.490 e. The molecule has 1 aromatic carbocycles. The number of methoxy groups -OCH3 is 1. The molecule has 0 aliphatic heterocycles. The van der Waals surface area contributed by atoms with Gasteiger partial charge in [0.2, 0.25) is 0 Å². The van der Waals surface area contributed by atoms with Crippen LogP contribution in [0.15, 0.2) is 12.1 Å². The summed E-state index contributed by atoms with van der Waals surface area (Å²) in [6, 6.07) is 2.90. The number of H-pyrrole nitrogens is 1. The fraction of sp³-hybridized carbons (Fsp3) is 0.167. The molecule has 7 nitrogen and oxygen atoms in total. The SMILES string of the molecule is COc1ccc2c(C=O)c(C(C)=O)[nH]c2c1[N+](=O)[O-]. The summed E-state index contributed by atoms with van der Waals surface area (Å²) in [4.78, 5) is 35.6. The van der Waals surface area contributed by atoms with E-state index in [2.05, 4.69) is 4.98 Å². The van der Waals surface area contributed by atoms with Crippen LogP contribution in [-0.4, -0.2) is 29.1 Å². The van der Waals surface area contributed by atoms with Crippen LogP contribution < -0.4 is 4.74 Å². The summed E-state index contributed by atoms with van der Waals surface area (Å²) in [5.41, 5.74) is -0.0122. The molecule has 0 bridgehead atoms. The van der Waals surface area contributed by atoms with Crippen molar-refractivity contribution in [3.8, 4) is 5.75 Å². The number of nitrogens with zero attached hydrogens (tertiary/aromatic N) is 1. The highest BCUT2D eigenvalue weighted by Crippen LogP contribution is 2.36. The second-order valence-corrected chi connectivity index (χ2v) is 3.88. The van der Waals surface area contributed by atoms with Crippen LogP contribution in [0, 0.1) is 10.1 Å². The quantitative estimate of drug-likeness (QED) is 0.393. The largest absolute Gasteiger partial charge is 0.490 e. The maximum Gasteiger partial charge on any atom is 0.334 e. The maximum absolute atomic E-state index is 11.4. The smallest absolute Gasteiger partial charge is 0.334 e. The third-order valence-electron chi connectivity index (χ3n) is 2.82. The molecule has 1 heterocycles. The number of hydrogen-bond donors (Lipinski definition) is 1. The summed E-state index contributed by atoms with van der Waals surface area (Å²) in [5, 5.41) is 11.4. The van der Waals surface area contributed by atoms with E-state index in [9.17, 15) is 19.7 Å². The molecule has 98 valence electrons. The Hall–Kier alpha value is -2.70. The number of hydrogen-bond acceptors (Lipinski definition) is 5. The van der Waals surface area contributed by atoms with Crippen molar-refractivity contribution in [1.82, 2.24) is 4.98 Å². The lowest BCUT2D eigenvalue weighted by Gasteiger charge is -2.01. The number of fused-ring (bicyclic) bond motifs is 1. The number of Topliss-reactive ketones (excluding diaryl/α,β-unsaturated/α-hetero) is 1. The van der Waals surface area contributed by atoms with Crippen molar-refractivity contribution in [2.45, 2.75) is 6.92 Å². The normalized spacial score (nSPS) is 10.4. The van der Waals surface area contributed by atoms with Gasteiger partial charge in [0.05, 0.1) is 23.3 Å². The first-order valence-corrected chi connectivity index (χ1v) is 5.34. The molecule has 0 saturated heterocycles. The number of ether oxygens (including phenoxy) is 1. The monoisotopic (exact) mass is 262 g/mol. The first kappa shape index (κ1) is 12.7. The standard InChI is InChI=1S/C12H10N2O5/c1-6(16)10-8(5-15)7-3-4-9(19-2)12(14(17)18)11(7)13-10/h3-5,13H,1-2H3. The molecule has 0 spiro atoms. The van der Waals surface area contributed by atoms with Gasteiger partial charge in [-0.25, -0.2) is 0 Å². The van der Waals surface area contributed by atoms with Gasteiger partial charge in [-0.15, -0.1) is 0 Å². The van der Waals surface area contributed by atoms with E-state index in [1.54, 1.807) is 0 Å². The second kappa shape index (κ2) is 4.52. The third kappa shape index (κ3) is 1.85. The molecule has 0 aliphatic carbocycles. The van der Waals surface area contributed by atoms with Gasteiger partial charge in [0.25, 0.3) is 0 Å². The highest BCUT2D eigenvalue weighted by Gasteiger charge is 2.25. The summed E-state index contributed by atoms with van der Waals surface area (Å²) in [6.07, 6.45) is 0.506. The van der Waals surface area contributed by atoms with Gasteiger partial charge >= 0.3 is 5.69 Å². The molecule has 0 atom stereocenters. The zero-order valence-electron chi connectivity index (χ0n) is 10.2. The van der Waals surface area contributed by atoms with Gasteiger partial charge in [-0.2, -0.15) is 0 Å². The van der Waals surface area contributed by atoms with Crippen molar-refractivity contribution in [2.75, 3.05) is 7.11 Å². The molecule has 2 aromatic rings. The molecular formula is C12H10N2O5. The van der Waals surface area contributed by atoms with Crippen LogP contribution in [-0.2, 0) is 0 Å². The van der Waals surface area contributed by atoms with Crippen LogP contribution in [0.2, 0.25) is 0 Å². The molecule has 1 aromatic heterocycles. The lowest BCUT2D eigenvalue weighted by atomic mass is 10.1. The zero-order valence-corrected chi connectivity index (χ0v) is 10.2. The third-order valence-corrected chi connectivity index (χ3v) is 2.82. The highest BCUT2D eigenvalue weighted by molar-refractivity contribution is 6.11. The lowest BCUT2D eigenvalue weighted by molar-refractivity contribution is -0.384. The van der Waals surface area contributed by atoms with E-state index in [0.29, 0.717) is 11.7 Å². The molecule has 1 N–H and O–H groups in total. The minimum atomic E-state index is -0.615. The Kier molecular flexibility index (Phi) is 3.04. The van der Waals surface area contributed by atoms with Gasteiger partial charge in [0.1, 0.15) is 5.52 Å². The fourth-order valence-corrected chi connectivity index (χ4v) is 2.00.